The Morgan fingerprint density at radius 3 is 2.20 bits per heavy atom. The quantitative estimate of drug-likeness (QED) is 0.256. The fraction of sp³-hybridized carbons (Fsp3) is 0.333. The van der Waals surface area contributed by atoms with Crippen LogP contribution >= 0.6 is 23.2 Å². The van der Waals surface area contributed by atoms with Crippen LogP contribution in [0.3, 0.4) is 0 Å². The van der Waals surface area contributed by atoms with Gasteiger partial charge in [0.05, 0.1) is 27.7 Å². The van der Waals surface area contributed by atoms with Gasteiger partial charge in [0.2, 0.25) is 11.8 Å². The Balaban J connectivity index is 2.10. The summed E-state index contributed by atoms with van der Waals surface area (Å²) in [6, 6.07) is 18.4. The molecule has 220 valence electrons. The molecule has 0 fully saturated rings. The summed E-state index contributed by atoms with van der Waals surface area (Å²) < 4.78 is 34.4. The van der Waals surface area contributed by atoms with E-state index in [1.807, 2.05) is 13.8 Å². The first-order valence-corrected chi connectivity index (χ1v) is 15.5. The number of ether oxygens (including phenoxy) is 1. The fourth-order valence-electron chi connectivity index (χ4n) is 4.26. The molecule has 0 saturated heterocycles. The van der Waals surface area contributed by atoms with Gasteiger partial charge in [-0.2, -0.15) is 0 Å². The molecular weight excluding hydrogens is 585 g/mol. The maximum Gasteiger partial charge on any atom is 0.264 e. The van der Waals surface area contributed by atoms with Crippen molar-refractivity contribution in [2.24, 2.45) is 0 Å². The third kappa shape index (κ3) is 7.93. The van der Waals surface area contributed by atoms with Crippen LogP contribution in [0.25, 0.3) is 0 Å². The average molecular weight is 621 g/mol. The number of amides is 2. The first-order valence-electron chi connectivity index (χ1n) is 13.3. The van der Waals surface area contributed by atoms with Gasteiger partial charge in [0, 0.05) is 12.6 Å². The summed E-state index contributed by atoms with van der Waals surface area (Å²) in [5.74, 6) is -0.630. The number of carbonyl (C=O) groups excluding carboxylic acids is 2. The first-order chi connectivity index (χ1) is 19.5. The molecule has 41 heavy (non-hydrogen) atoms. The topological polar surface area (TPSA) is 96.0 Å². The first kappa shape index (κ1) is 32.2. The van der Waals surface area contributed by atoms with E-state index in [-0.39, 0.29) is 34.8 Å². The summed E-state index contributed by atoms with van der Waals surface area (Å²) in [7, 11) is -2.78. The minimum Gasteiger partial charge on any atom is -0.495 e. The van der Waals surface area contributed by atoms with E-state index in [1.165, 1.54) is 24.1 Å². The third-order valence-electron chi connectivity index (χ3n) is 6.69. The molecule has 0 spiro atoms. The van der Waals surface area contributed by atoms with E-state index in [9.17, 15) is 18.0 Å². The van der Waals surface area contributed by atoms with Crippen LogP contribution in [-0.4, -0.2) is 50.9 Å². The number of benzene rings is 3. The van der Waals surface area contributed by atoms with Gasteiger partial charge in [-0.1, -0.05) is 73.4 Å². The van der Waals surface area contributed by atoms with Crippen molar-refractivity contribution in [2.45, 2.75) is 57.1 Å². The number of hydrogen-bond donors (Lipinski definition) is 1. The molecule has 8 nitrogen and oxygen atoms in total. The predicted octanol–water partition coefficient (Wildman–Crippen LogP) is 5.92. The molecule has 1 N–H and O–H groups in total. The lowest BCUT2D eigenvalue weighted by atomic mass is 10.1. The summed E-state index contributed by atoms with van der Waals surface area (Å²) in [5.41, 5.74) is 0.830. The van der Waals surface area contributed by atoms with Gasteiger partial charge in [-0.25, -0.2) is 8.42 Å². The molecule has 0 aromatic heterocycles. The largest absolute Gasteiger partial charge is 0.495 e. The number of para-hydroxylation sites is 2. The van der Waals surface area contributed by atoms with E-state index in [0.717, 1.165) is 4.31 Å². The molecule has 0 aliphatic carbocycles. The number of anilines is 1. The second-order valence-electron chi connectivity index (χ2n) is 9.51. The lowest BCUT2D eigenvalue weighted by Gasteiger charge is -2.34. The zero-order valence-corrected chi connectivity index (χ0v) is 25.8. The molecule has 0 saturated carbocycles. The minimum atomic E-state index is -4.21. The summed E-state index contributed by atoms with van der Waals surface area (Å²) in [6.07, 6.45) is 1.01. The maximum absolute atomic E-state index is 14.2. The molecular formula is C30H35Cl2N3O5S. The molecule has 0 aliphatic rings. The number of sulfonamides is 1. The van der Waals surface area contributed by atoms with E-state index >= 15 is 0 Å². The minimum absolute atomic E-state index is 0.00725. The Kier molecular flexibility index (Phi) is 11.5. The molecule has 2 unspecified atom stereocenters. The second-order valence-corrected chi connectivity index (χ2v) is 12.2. The maximum atomic E-state index is 14.2. The molecule has 0 aliphatic heterocycles. The van der Waals surface area contributed by atoms with Crippen molar-refractivity contribution < 1.29 is 22.7 Å². The molecule has 0 heterocycles. The Bertz CT molecular complexity index is 1450. The van der Waals surface area contributed by atoms with Crippen molar-refractivity contribution in [3.05, 3.63) is 88.4 Å². The lowest BCUT2D eigenvalue weighted by Crippen LogP contribution is -2.53. The number of methoxy groups -OCH3 is 1. The van der Waals surface area contributed by atoms with Gasteiger partial charge in [-0.3, -0.25) is 13.9 Å². The zero-order chi connectivity index (χ0) is 30.2. The van der Waals surface area contributed by atoms with E-state index in [0.29, 0.717) is 28.5 Å². The SMILES string of the molecule is CCC(C)NC(=O)C(CC)N(Cc1ccc(Cl)c(Cl)c1)C(=O)CN(c1ccccc1OC)S(=O)(=O)c1ccccc1. The van der Waals surface area contributed by atoms with E-state index in [2.05, 4.69) is 5.32 Å². The monoisotopic (exact) mass is 619 g/mol. The van der Waals surface area contributed by atoms with Crippen molar-refractivity contribution in [1.29, 1.82) is 0 Å². The van der Waals surface area contributed by atoms with Gasteiger partial charge >= 0.3 is 0 Å². The van der Waals surface area contributed by atoms with Crippen LogP contribution in [0, 0.1) is 0 Å². The number of halogens is 2. The highest BCUT2D eigenvalue weighted by Gasteiger charge is 2.35. The summed E-state index contributed by atoms with van der Waals surface area (Å²) in [6.45, 7) is 5.06. The van der Waals surface area contributed by atoms with Crippen LogP contribution in [0.1, 0.15) is 39.2 Å². The highest BCUT2D eigenvalue weighted by molar-refractivity contribution is 7.92. The molecule has 3 rings (SSSR count). The van der Waals surface area contributed by atoms with Crippen LogP contribution in [0.4, 0.5) is 5.69 Å². The lowest BCUT2D eigenvalue weighted by molar-refractivity contribution is -0.140. The Hall–Kier alpha value is -3.27. The average Bonchev–Trinajstić information content (AvgIpc) is 2.97. The number of rotatable bonds is 13. The number of nitrogens with one attached hydrogen (secondary N) is 1. The van der Waals surface area contributed by atoms with Crippen molar-refractivity contribution in [1.82, 2.24) is 10.2 Å². The van der Waals surface area contributed by atoms with Crippen molar-refractivity contribution in [2.75, 3.05) is 18.0 Å². The predicted molar refractivity (Wildman–Crippen MR) is 163 cm³/mol. The Morgan fingerprint density at radius 2 is 1.59 bits per heavy atom. The van der Waals surface area contributed by atoms with Gasteiger partial charge in [0.25, 0.3) is 10.0 Å². The van der Waals surface area contributed by atoms with E-state index < -0.39 is 28.5 Å². The van der Waals surface area contributed by atoms with Gasteiger partial charge < -0.3 is 15.0 Å². The summed E-state index contributed by atoms with van der Waals surface area (Å²) >= 11 is 12.4. The summed E-state index contributed by atoms with van der Waals surface area (Å²) in [5, 5.41) is 3.60. The van der Waals surface area contributed by atoms with E-state index in [4.69, 9.17) is 27.9 Å². The van der Waals surface area contributed by atoms with Gasteiger partial charge in [0.1, 0.15) is 18.3 Å². The van der Waals surface area contributed by atoms with Crippen LogP contribution < -0.4 is 14.4 Å². The van der Waals surface area contributed by atoms with Crippen LogP contribution in [0.15, 0.2) is 77.7 Å². The van der Waals surface area contributed by atoms with Crippen LogP contribution in [0.5, 0.6) is 5.75 Å². The number of hydrogen-bond acceptors (Lipinski definition) is 5. The highest BCUT2D eigenvalue weighted by Crippen LogP contribution is 2.33. The zero-order valence-electron chi connectivity index (χ0n) is 23.5. The molecule has 2 atom stereocenters. The normalized spacial score (nSPS) is 12.7. The van der Waals surface area contributed by atoms with Crippen molar-refractivity contribution in [3.8, 4) is 5.75 Å². The Labute approximate surface area is 252 Å². The fourth-order valence-corrected chi connectivity index (χ4v) is 6.03. The van der Waals surface area contributed by atoms with Crippen molar-refractivity contribution in [3.63, 3.8) is 0 Å². The smallest absolute Gasteiger partial charge is 0.264 e. The Morgan fingerprint density at radius 1 is 0.927 bits per heavy atom. The molecule has 11 heteroatoms. The molecule has 3 aromatic rings. The van der Waals surface area contributed by atoms with Crippen LogP contribution in [-0.2, 0) is 26.2 Å². The van der Waals surface area contributed by atoms with Gasteiger partial charge in [-0.05, 0) is 61.7 Å². The number of nitrogens with zero attached hydrogens (tertiary/aromatic N) is 2. The number of carbonyl (C=O) groups is 2. The molecule has 3 aromatic carbocycles. The molecule has 2 amide bonds. The van der Waals surface area contributed by atoms with Crippen LogP contribution in [0.2, 0.25) is 10.0 Å². The molecule has 0 bridgehead atoms. The highest BCUT2D eigenvalue weighted by atomic mass is 35.5. The molecule has 0 radical (unpaired) electrons. The van der Waals surface area contributed by atoms with Gasteiger partial charge in [0.15, 0.2) is 0 Å². The third-order valence-corrected chi connectivity index (χ3v) is 9.20. The van der Waals surface area contributed by atoms with E-state index in [1.54, 1.807) is 67.6 Å². The van der Waals surface area contributed by atoms with Crippen molar-refractivity contribution >= 4 is 50.7 Å². The van der Waals surface area contributed by atoms with Gasteiger partial charge in [-0.15, -0.1) is 0 Å². The second kappa shape index (κ2) is 14.6. The summed E-state index contributed by atoms with van der Waals surface area (Å²) in [4.78, 5) is 28.9. The standard InChI is InChI=1S/C30H35Cl2N3O5S/c1-5-21(3)33-30(37)26(6-2)34(19-22-16-17-24(31)25(32)18-22)29(36)20-35(27-14-10-11-15-28(27)40-4)41(38,39)23-12-8-7-9-13-23/h7-18,21,26H,5-6,19-20H2,1-4H3,(H,33,37).